The van der Waals surface area contributed by atoms with Crippen molar-refractivity contribution in [3.05, 3.63) is 0 Å². The van der Waals surface area contributed by atoms with Gasteiger partial charge in [0.2, 0.25) is 0 Å². The van der Waals surface area contributed by atoms with Crippen LogP contribution in [0, 0.1) is 5.92 Å². The molecule has 0 spiro atoms. The van der Waals surface area contributed by atoms with Crippen LogP contribution in [0.3, 0.4) is 0 Å². The zero-order valence-electron chi connectivity index (χ0n) is 10.1. The van der Waals surface area contributed by atoms with Gasteiger partial charge in [0.05, 0.1) is 0 Å². The lowest BCUT2D eigenvalue weighted by Crippen LogP contribution is -2.65. The van der Waals surface area contributed by atoms with Crippen LogP contribution in [0.4, 0.5) is 39.5 Å². The van der Waals surface area contributed by atoms with Crippen LogP contribution < -0.4 is 5.32 Å². The highest BCUT2D eigenvalue weighted by Crippen LogP contribution is 2.53. The highest BCUT2D eigenvalue weighted by atomic mass is 19.4. The molecule has 0 radical (unpaired) electrons. The Morgan fingerprint density at radius 3 is 1.60 bits per heavy atom. The molecule has 0 heterocycles. The molecule has 0 aliphatic carbocycles. The second kappa shape index (κ2) is 5.32. The maximum atomic E-state index is 12.9. The number of alkyl halides is 9. The Morgan fingerprint density at radius 2 is 1.30 bits per heavy atom. The Labute approximate surface area is 107 Å². The second-order valence-corrected chi connectivity index (χ2v) is 4.32. The number of carbonyl (C=O) groups is 1. The van der Waals surface area contributed by atoms with Crippen LogP contribution in [-0.2, 0) is 4.79 Å². The van der Waals surface area contributed by atoms with Crippen LogP contribution in [0.2, 0.25) is 0 Å². The number of hydrogen-bond acceptors (Lipinski definition) is 1. The predicted octanol–water partition coefficient (Wildman–Crippen LogP) is 3.23. The summed E-state index contributed by atoms with van der Waals surface area (Å²) >= 11 is 0. The SMILES string of the molecule is CC(C)CNC(=O)C(F)(F)C(F)(F)C(F)(F)C(F)(F)F. The highest BCUT2D eigenvalue weighted by Gasteiger charge is 2.83. The molecule has 0 aromatic heterocycles. The fourth-order valence-electron chi connectivity index (χ4n) is 0.926. The topological polar surface area (TPSA) is 29.1 Å². The van der Waals surface area contributed by atoms with Gasteiger partial charge in [-0.25, -0.2) is 0 Å². The maximum absolute atomic E-state index is 12.9. The van der Waals surface area contributed by atoms with Crippen LogP contribution in [0.25, 0.3) is 0 Å². The first kappa shape index (κ1) is 18.8. The third-order valence-corrected chi connectivity index (χ3v) is 2.10. The van der Waals surface area contributed by atoms with Crippen LogP contribution in [0.5, 0.6) is 0 Å². The Hall–Kier alpha value is -1.16. The normalized spacial score (nSPS) is 14.6. The first-order valence-corrected chi connectivity index (χ1v) is 5.07. The Morgan fingerprint density at radius 1 is 0.900 bits per heavy atom. The maximum Gasteiger partial charge on any atom is 0.460 e. The van der Waals surface area contributed by atoms with E-state index in [1.54, 1.807) is 0 Å². The van der Waals surface area contributed by atoms with Crippen LogP contribution >= 0.6 is 0 Å². The zero-order valence-corrected chi connectivity index (χ0v) is 10.1. The van der Waals surface area contributed by atoms with Crippen molar-refractivity contribution in [1.29, 1.82) is 0 Å². The first-order valence-electron chi connectivity index (χ1n) is 5.07. The Bertz CT molecular complexity index is 361. The minimum atomic E-state index is -7.06. The van der Waals surface area contributed by atoms with Crippen molar-refractivity contribution < 1.29 is 44.3 Å². The van der Waals surface area contributed by atoms with Gasteiger partial charge in [0.15, 0.2) is 0 Å². The summed E-state index contributed by atoms with van der Waals surface area (Å²) in [6.07, 6.45) is -6.93. The molecule has 120 valence electrons. The summed E-state index contributed by atoms with van der Waals surface area (Å²) < 4.78 is 111. The largest absolute Gasteiger partial charge is 0.460 e. The summed E-state index contributed by atoms with van der Waals surface area (Å²) in [5.74, 6) is -23.6. The van der Waals surface area contributed by atoms with Crippen molar-refractivity contribution in [2.75, 3.05) is 6.54 Å². The van der Waals surface area contributed by atoms with Gasteiger partial charge in [-0.2, -0.15) is 39.5 Å². The average molecular weight is 319 g/mol. The number of carbonyl (C=O) groups excluding carboxylic acids is 1. The van der Waals surface area contributed by atoms with Crippen molar-refractivity contribution in [2.24, 2.45) is 5.92 Å². The monoisotopic (exact) mass is 319 g/mol. The van der Waals surface area contributed by atoms with E-state index in [9.17, 15) is 44.3 Å². The minimum absolute atomic E-state index is 0.508. The lowest BCUT2D eigenvalue weighted by atomic mass is 10.0. The van der Waals surface area contributed by atoms with E-state index in [4.69, 9.17) is 0 Å². The highest BCUT2D eigenvalue weighted by molar-refractivity contribution is 5.84. The van der Waals surface area contributed by atoms with Crippen molar-refractivity contribution >= 4 is 5.91 Å². The molecule has 0 bridgehead atoms. The van der Waals surface area contributed by atoms with Gasteiger partial charge in [-0.15, -0.1) is 0 Å². The molecular formula is C9H10F9NO. The summed E-state index contributed by atoms with van der Waals surface area (Å²) in [4.78, 5) is 10.7. The van der Waals surface area contributed by atoms with E-state index in [0.717, 1.165) is 0 Å². The molecule has 2 nitrogen and oxygen atoms in total. The standard InChI is InChI=1S/C9H10F9NO/c1-4(2)3-19-5(20)6(10,11)7(12,13)8(14,15)9(16,17)18/h4H,3H2,1-2H3,(H,19,20). The Kier molecular flexibility index (Phi) is 5.01. The van der Waals surface area contributed by atoms with Crippen LogP contribution in [0.15, 0.2) is 0 Å². The first-order chi connectivity index (χ1) is 8.59. The van der Waals surface area contributed by atoms with Crippen LogP contribution in [-0.4, -0.2) is 36.4 Å². The molecule has 1 N–H and O–H groups in total. The summed E-state index contributed by atoms with van der Waals surface area (Å²) in [5.41, 5.74) is 0. The van der Waals surface area contributed by atoms with E-state index in [-0.39, 0.29) is 0 Å². The molecule has 1 amide bonds. The molecule has 0 aromatic rings. The predicted molar refractivity (Wildman–Crippen MR) is 48.7 cm³/mol. The van der Waals surface area contributed by atoms with Crippen molar-refractivity contribution in [1.82, 2.24) is 5.32 Å². The lowest BCUT2D eigenvalue weighted by molar-refractivity contribution is -0.388. The molecule has 0 saturated carbocycles. The smallest absolute Gasteiger partial charge is 0.350 e. The van der Waals surface area contributed by atoms with E-state index >= 15 is 0 Å². The lowest BCUT2D eigenvalue weighted by Gasteiger charge is -2.32. The van der Waals surface area contributed by atoms with Crippen molar-refractivity contribution in [3.63, 3.8) is 0 Å². The van der Waals surface area contributed by atoms with E-state index < -0.39 is 42.3 Å². The third kappa shape index (κ3) is 3.11. The molecule has 0 aliphatic rings. The summed E-state index contributed by atoms with van der Waals surface area (Å²) in [6, 6.07) is 0. The average Bonchev–Trinajstić information content (AvgIpc) is 2.23. The van der Waals surface area contributed by atoms with E-state index in [0.29, 0.717) is 0 Å². The quantitative estimate of drug-likeness (QED) is 0.775. The van der Waals surface area contributed by atoms with Crippen molar-refractivity contribution in [2.45, 2.75) is 37.8 Å². The van der Waals surface area contributed by atoms with E-state index in [2.05, 4.69) is 0 Å². The van der Waals surface area contributed by atoms with Gasteiger partial charge in [0.25, 0.3) is 5.91 Å². The molecule has 0 unspecified atom stereocenters. The van der Waals surface area contributed by atoms with Gasteiger partial charge in [0.1, 0.15) is 0 Å². The number of halogens is 9. The van der Waals surface area contributed by atoms with Gasteiger partial charge in [-0.1, -0.05) is 13.8 Å². The molecule has 20 heavy (non-hydrogen) atoms. The zero-order chi connectivity index (χ0) is 16.6. The number of nitrogens with one attached hydrogen (secondary N) is 1. The van der Waals surface area contributed by atoms with Crippen LogP contribution in [0.1, 0.15) is 13.8 Å². The van der Waals surface area contributed by atoms with Gasteiger partial charge in [-0.05, 0) is 5.92 Å². The summed E-state index contributed by atoms with van der Waals surface area (Å²) in [6.45, 7) is 2.13. The minimum Gasteiger partial charge on any atom is -0.350 e. The number of amides is 1. The molecular weight excluding hydrogens is 309 g/mol. The fourth-order valence-corrected chi connectivity index (χ4v) is 0.926. The molecule has 0 saturated heterocycles. The number of hydrogen-bond donors (Lipinski definition) is 1. The fraction of sp³-hybridized carbons (Fsp3) is 0.889. The summed E-state index contributed by atoms with van der Waals surface area (Å²) in [5, 5.41) is 1.18. The third-order valence-electron chi connectivity index (χ3n) is 2.10. The van der Waals surface area contributed by atoms with E-state index in [1.165, 1.54) is 19.2 Å². The number of rotatable bonds is 5. The molecule has 0 aromatic carbocycles. The molecule has 0 atom stereocenters. The Balaban J connectivity index is 5.41. The van der Waals surface area contributed by atoms with Gasteiger partial charge in [0, 0.05) is 6.54 Å². The molecule has 0 aliphatic heterocycles. The van der Waals surface area contributed by atoms with Gasteiger partial charge >= 0.3 is 23.9 Å². The van der Waals surface area contributed by atoms with Gasteiger partial charge < -0.3 is 5.32 Å². The van der Waals surface area contributed by atoms with E-state index in [1.807, 2.05) is 0 Å². The molecule has 0 rings (SSSR count). The second-order valence-electron chi connectivity index (χ2n) is 4.32. The van der Waals surface area contributed by atoms with Gasteiger partial charge in [-0.3, -0.25) is 4.79 Å². The summed E-state index contributed by atoms with van der Waals surface area (Å²) in [7, 11) is 0. The molecule has 0 fully saturated rings. The van der Waals surface area contributed by atoms with Crippen molar-refractivity contribution in [3.8, 4) is 0 Å². The molecule has 11 heteroatoms.